The van der Waals surface area contributed by atoms with E-state index in [0.29, 0.717) is 5.75 Å². The summed E-state index contributed by atoms with van der Waals surface area (Å²) < 4.78 is 0. The fourth-order valence-corrected chi connectivity index (χ4v) is 3.20. The van der Waals surface area contributed by atoms with Crippen molar-refractivity contribution in [2.45, 2.75) is 11.8 Å². The van der Waals surface area contributed by atoms with Gasteiger partial charge in [0.1, 0.15) is 5.78 Å². The lowest BCUT2D eigenvalue weighted by Gasteiger charge is -2.09. The molecule has 0 saturated carbocycles. The normalized spacial score (nSPS) is 11.5. The zero-order valence-electron chi connectivity index (χ0n) is 12.4. The number of hydrogen-bond acceptors (Lipinski definition) is 5. The van der Waals surface area contributed by atoms with Crippen LogP contribution in [0.1, 0.15) is 12.6 Å². The number of fused-ring (bicyclic) bond motifs is 3. The van der Waals surface area contributed by atoms with Gasteiger partial charge in [-0.25, -0.2) is 4.98 Å². The van der Waals surface area contributed by atoms with Gasteiger partial charge in [-0.05, 0) is 19.1 Å². The van der Waals surface area contributed by atoms with E-state index in [9.17, 15) is 4.79 Å². The number of thioether (sulfide) groups is 1. The lowest BCUT2D eigenvalue weighted by atomic mass is 10.1. The molecule has 0 aliphatic rings. The molecule has 1 aromatic carbocycles. The second-order valence-corrected chi connectivity index (χ2v) is 5.98. The summed E-state index contributed by atoms with van der Waals surface area (Å²) in [6, 6.07) is 9.99. The number of pyridine rings is 2. The number of benzene rings is 1. The molecular weight excluding hydrogens is 294 g/mol. The largest absolute Gasteiger partial charge is 0.299 e. The Balaban J connectivity index is 2.28. The molecule has 2 heterocycles. The highest BCUT2D eigenvalue weighted by Gasteiger charge is 2.10. The number of aliphatic imine (C=N–C) groups is 1. The topological polar surface area (TPSA) is 55.2 Å². The van der Waals surface area contributed by atoms with Gasteiger partial charge >= 0.3 is 0 Å². The van der Waals surface area contributed by atoms with Crippen molar-refractivity contribution in [3.63, 3.8) is 0 Å². The monoisotopic (exact) mass is 309 g/mol. The van der Waals surface area contributed by atoms with E-state index in [-0.39, 0.29) is 5.78 Å². The van der Waals surface area contributed by atoms with E-state index in [0.717, 1.165) is 32.4 Å². The first-order valence-electron chi connectivity index (χ1n) is 6.92. The summed E-state index contributed by atoms with van der Waals surface area (Å²) in [7, 11) is 1.72. The van der Waals surface area contributed by atoms with Crippen molar-refractivity contribution < 1.29 is 4.79 Å². The number of Topliss-reactive ketones (excluding diaryl/α,β-unsaturated/α-hetero) is 1. The Hall–Kier alpha value is -2.27. The second kappa shape index (κ2) is 6.23. The minimum atomic E-state index is 0.152. The molecule has 0 radical (unpaired) electrons. The maximum atomic E-state index is 11.3. The predicted molar refractivity (Wildman–Crippen MR) is 92.0 cm³/mol. The fourth-order valence-electron chi connectivity index (χ4n) is 2.31. The van der Waals surface area contributed by atoms with Gasteiger partial charge in [0, 0.05) is 35.1 Å². The first-order chi connectivity index (χ1) is 10.7. The Bertz CT molecular complexity index is 890. The summed E-state index contributed by atoms with van der Waals surface area (Å²) >= 11 is 1.53. The van der Waals surface area contributed by atoms with Crippen LogP contribution in [0, 0.1) is 0 Å². The van der Waals surface area contributed by atoms with E-state index in [1.807, 2.05) is 30.3 Å². The Morgan fingerprint density at radius 1 is 1.32 bits per heavy atom. The molecule has 22 heavy (non-hydrogen) atoms. The van der Waals surface area contributed by atoms with Gasteiger partial charge in [-0.2, -0.15) is 0 Å². The molecular formula is C17H15N3OS. The number of nitrogens with zero attached hydrogens (tertiary/aromatic N) is 3. The third-order valence-corrected chi connectivity index (χ3v) is 4.43. The SMILES string of the molecule is C/N=C/c1cc(SCC(C)=O)c2ccc3cccnc3c2n1. The minimum absolute atomic E-state index is 0.152. The van der Waals surface area contributed by atoms with Crippen LogP contribution in [0.3, 0.4) is 0 Å². The standard InChI is InChI=1S/C17H15N3OS/c1-11(21)10-22-15-8-13(9-18-2)20-17-14(15)6-5-12-4-3-7-19-16(12)17/h3-9H,10H2,1-2H3/b18-9+. The quantitative estimate of drug-likeness (QED) is 0.420. The Morgan fingerprint density at radius 2 is 2.18 bits per heavy atom. The van der Waals surface area contributed by atoms with E-state index in [2.05, 4.69) is 15.0 Å². The van der Waals surface area contributed by atoms with E-state index in [1.54, 1.807) is 26.4 Å². The van der Waals surface area contributed by atoms with Gasteiger partial charge in [0.25, 0.3) is 0 Å². The first-order valence-corrected chi connectivity index (χ1v) is 7.90. The van der Waals surface area contributed by atoms with Crippen molar-refractivity contribution in [3.05, 3.63) is 42.2 Å². The molecule has 0 saturated heterocycles. The average molecular weight is 309 g/mol. The van der Waals surface area contributed by atoms with Crippen LogP contribution in [0.4, 0.5) is 0 Å². The van der Waals surface area contributed by atoms with Crippen molar-refractivity contribution in [3.8, 4) is 0 Å². The van der Waals surface area contributed by atoms with Gasteiger partial charge in [-0.15, -0.1) is 11.8 Å². The van der Waals surface area contributed by atoms with Crippen molar-refractivity contribution in [2.75, 3.05) is 12.8 Å². The molecule has 0 aliphatic heterocycles. The van der Waals surface area contributed by atoms with Gasteiger partial charge in [0.15, 0.2) is 0 Å². The van der Waals surface area contributed by atoms with Crippen molar-refractivity contribution >= 4 is 45.6 Å². The molecule has 0 unspecified atom stereocenters. The molecule has 3 rings (SSSR count). The van der Waals surface area contributed by atoms with Gasteiger partial charge in [0.2, 0.25) is 0 Å². The molecule has 0 fully saturated rings. The maximum absolute atomic E-state index is 11.3. The van der Waals surface area contributed by atoms with Crippen molar-refractivity contribution in [1.82, 2.24) is 9.97 Å². The molecule has 0 N–H and O–H groups in total. The number of carbonyl (C=O) groups excluding carboxylic acids is 1. The minimum Gasteiger partial charge on any atom is -0.299 e. The Morgan fingerprint density at radius 3 is 2.95 bits per heavy atom. The molecule has 0 aliphatic carbocycles. The molecule has 0 spiro atoms. The lowest BCUT2D eigenvalue weighted by Crippen LogP contribution is -1.97. The zero-order valence-corrected chi connectivity index (χ0v) is 13.2. The molecule has 0 bridgehead atoms. The molecule has 2 aromatic heterocycles. The zero-order chi connectivity index (χ0) is 15.5. The molecule has 110 valence electrons. The molecule has 3 aromatic rings. The van der Waals surface area contributed by atoms with Crippen LogP contribution in [0.2, 0.25) is 0 Å². The number of rotatable bonds is 4. The number of ketones is 1. The summed E-state index contributed by atoms with van der Waals surface area (Å²) in [5, 5.41) is 2.07. The number of carbonyl (C=O) groups is 1. The first kappa shape index (κ1) is 14.7. The third-order valence-electron chi connectivity index (χ3n) is 3.23. The lowest BCUT2D eigenvalue weighted by molar-refractivity contribution is -0.114. The molecule has 5 heteroatoms. The smallest absolute Gasteiger partial charge is 0.140 e. The average Bonchev–Trinajstić information content (AvgIpc) is 2.52. The highest BCUT2D eigenvalue weighted by molar-refractivity contribution is 8.00. The van der Waals surface area contributed by atoms with Crippen LogP contribution in [0.15, 0.2) is 46.4 Å². The summed E-state index contributed by atoms with van der Waals surface area (Å²) in [4.78, 5) is 25.5. The van der Waals surface area contributed by atoms with Crippen molar-refractivity contribution in [1.29, 1.82) is 0 Å². The van der Waals surface area contributed by atoms with Crippen LogP contribution >= 0.6 is 11.8 Å². The van der Waals surface area contributed by atoms with E-state index < -0.39 is 0 Å². The summed E-state index contributed by atoms with van der Waals surface area (Å²) in [6.07, 6.45) is 3.49. The number of hydrogen-bond donors (Lipinski definition) is 0. The van der Waals surface area contributed by atoms with Gasteiger partial charge in [-0.3, -0.25) is 14.8 Å². The Kier molecular flexibility index (Phi) is 4.15. The van der Waals surface area contributed by atoms with Crippen LogP contribution < -0.4 is 0 Å². The van der Waals surface area contributed by atoms with Crippen LogP contribution in [0.25, 0.3) is 21.8 Å². The fraction of sp³-hybridized carbons (Fsp3) is 0.176. The van der Waals surface area contributed by atoms with Crippen LogP contribution in [-0.2, 0) is 4.79 Å². The van der Waals surface area contributed by atoms with E-state index >= 15 is 0 Å². The molecule has 0 atom stereocenters. The summed E-state index contributed by atoms with van der Waals surface area (Å²) in [5.74, 6) is 0.599. The molecule has 4 nitrogen and oxygen atoms in total. The number of aromatic nitrogens is 2. The third kappa shape index (κ3) is 2.85. The maximum Gasteiger partial charge on any atom is 0.140 e. The molecule has 0 amide bonds. The van der Waals surface area contributed by atoms with Crippen LogP contribution in [0.5, 0.6) is 0 Å². The van der Waals surface area contributed by atoms with Gasteiger partial charge in [0.05, 0.1) is 22.5 Å². The highest BCUT2D eigenvalue weighted by atomic mass is 32.2. The summed E-state index contributed by atoms with van der Waals surface area (Å²) in [5.41, 5.74) is 2.50. The van der Waals surface area contributed by atoms with Gasteiger partial charge in [-0.1, -0.05) is 18.2 Å². The van der Waals surface area contributed by atoms with E-state index in [4.69, 9.17) is 0 Å². The second-order valence-electron chi connectivity index (χ2n) is 4.96. The van der Waals surface area contributed by atoms with Crippen molar-refractivity contribution in [2.24, 2.45) is 4.99 Å². The summed E-state index contributed by atoms with van der Waals surface area (Å²) in [6.45, 7) is 1.60. The predicted octanol–water partition coefficient (Wildman–Crippen LogP) is 3.51. The Labute approximate surface area is 132 Å². The van der Waals surface area contributed by atoms with Gasteiger partial charge < -0.3 is 0 Å². The van der Waals surface area contributed by atoms with E-state index in [1.165, 1.54) is 11.8 Å². The van der Waals surface area contributed by atoms with Crippen LogP contribution in [-0.4, -0.2) is 34.8 Å². The highest BCUT2D eigenvalue weighted by Crippen LogP contribution is 2.31.